The lowest BCUT2D eigenvalue weighted by Crippen LogP contribution is -2.29. The summed E-state index contributed by atoms with van der Waals surface area (Å²) < 4.78 is 0. The summed E-state index contributed by atoms with van der Waals surface area (Å²) in [6.45, 7) is 4.65. The van der Waals surface area contributed by atoms with E-state index in [2.05, 4.69) is 24.4 Å². The van der Waals surface area contributed by atoms with Crippen molar-refractivity contribution >= 4 is 0 Å². The lowest BCUT2D eigenvalue weighted by molar-refractivity contribution is 0.381. The van der Waals surface area contributed by atoms with E-state index in [0.29, 0.717) is 0 Å². The summed E-state index contributed by atoms with van der Waals surface area (Å²) in [5.41, 5.74) is 0. The van der Waals surface area contributed by atoms with Crippen LogP contribution in [0, 0.1) is 5.92 Å². The smallest absolute Gasteiger partial charge is 0.00175 e. The molecule has 1 heteroatoms. The van der Waals surface area contributed by atoms with Gasteiger partial charge in [-0.25, -0.2) is 0 Å². The van der Waals surface area contributed by atoms with Gasteiger partial charge in [-0.2, -0.15) is 0 Å². The predicted molar refractivity (Wildman–Crippen MR) is 49.6 cm³/mol. The summed E-state index contributed by atoms with van der Waals surface area (Å²) >= 11 is 0. The number of hydrogen-bond donors (Lipinski definition) is 1. The number of piperidine rings is 1. The molecule has 1 fully saturated rings. The van der Waals surface area contributed by atoms with Crippen molar-refractivity contribution in [2.75, 3.05) is 13.1 Å². The fourth-order valence-corrected chi connectivity index (χ4v) is 1.58. The van der Waals surface area contributed by atoms with E-state index in [4.69, 9.17) is 0 Å². The Morgan fingerprint density at radius 2 is 2.36 bits per heavy atom. The van der Waals surface area contributed by atoms with E-state index < -0.39 is 0 Å². The zero-order valence-electron chi connectivity index (χ0n) is 7.47. The van der Waals surface area contributed by atoms with Gasteiger partial charge >= 0.3 is 0 Å². The number of rotatable bonds is 3. The largest absolute Gasteiger partial charge is 0.316 e. The van der Waals surface area contributed by atoms with Crippen LogP contribution in [0.1, 0.15) is 32.6 Å². The topological polar surface area (TPSA) is 12.0 Å². The molecule has 0 saturated carbocycles. The van der Waals surface area contributed by atoms with Crippen LogP contribution in [0.4, 0.5) is 0 Å². The van der Waals surface area contributed by atoms with Gasteiger partial charge in [-0.3, -0.25) is 0 Å². The summed E-state index contributed by atoms with van der Waals surface area (Å²) in [6.07, 6.45) is 9.85. The third-order valence-electron chi connectivity index (χ3n) is 2.27. The number of hydrogen-bond acceptors (Lipinski definition) is 1. The van der Waals surface area contributed by atoms with Crippen molar-refractivity contribution in [3.05, 3.63) is 12.2 Å². The second kappa shape index (κ2) is 5.36. The molecule has 1 nitrogen and oxygen atoms in total. The third-order valence-corrected chi connectivity index (χ3v) is 2.27. The molecule has 11 heavy (non-hydrogen) atoms. The Morgan fingerprint density at radius 1 is 1.45 bits per heavy atom. The fraction of sp³-hybridized carbons (Fsp3) is 0.800. The van der Waals surface area contributed by atoms with Crippen molar-refractivity contribution in [2.45, 2.75) is 32.6 Å². The van der Waals surface area contributed by atoms with Crippen LogP contribution in [-0.2, 0) is 0 Å². The monoisotopic (exact) mass is 153 g/mol. The minimum Gasteiger partial charge on any atom is -0.316 e. The van der Waals surface area contributed by atoms with Gasteiger partial charge < -0.3 is 5.32 Å². The average Bonchev–Trinajstić information content (AvgIpc) is 2.07. The first-order valence-electron chi connectivity index (χ1n) is 4.79. The van der Waals surface area contributed by atoms with E-state index in [-0.39, 0.29) is 0 Å². The highest BCUT2D eigenvalue weighted by Gasteiger charge is 2.09. The molecule has 0 aromatic rings. The van der Waals surface area contributed by atoms with Gasteiger partial charge in [0, 0.05) is 0 Å². The van der Waals surface area contributed by atoms with E-state index in [1.807, 2.05) is 0 Å². The Bertz CT molecular complexity index is 112. The standard InChI is InChI=1S/C10H19N/c1-2-3-4-6-10-7-5-8-11-9-10/h3-4,10-11H,2,5-9H2,1H3/b4-3+. The summed E-state index contributed by atoms with van der Waals surface area (Å²) in [5.74, 6) is 0.909. The summed E-state index contributed by atoms with van der Waals surface area (Å²) in [6, 6.07) is 0. The molecule has 1 heterocycles. The van der Waals surface area contributed by atoms with Crippen molar-refractivity contribution in [1.82, 2.24) is 5.32 Å². The molecule has 0 amide bonds. The minimum absolute atomic E-state index is 0.909. The summed E-state index contributed by atoms with van der Waals surface area (Å²) in [7, 11) is 0. The highest BCUT2D eigenvalue weighted by atomic mass is 14.9. The zero-order valence-corrected chi connectivity index (χ0v) is 7.47. The average molecular weight is 153 g/mol. The molecule has 0 bridgehead atoms. The highest BCUT2D eigenvalue weighted by molar-refractivity contribution is 4.84. The molecule has 0 aromatic heterocycles. The first-order chi connectivity index (χ1) is 5.43. The molecular weight excluding hydrogens is 134 g/mol. The molecule has 0 aromatic carbocycles. The van der Waals surface area contributed by atoms with Gasteiger partial charge in [0.1, 0.15) is 0 Å². The molecule has 1 aliphatic rings. The van der Waals surface area contributed by atoms with Gasteiger partial charge in [-0.1, -0.05) is 19.1 Å². The first-order valence-corrected chi connectivity index (χ1v) is 4.79. The molecule has 1 rings (SSSR count). The van der Waals surface area contributed by atoms with E-state index in [1.165, 1.54) is 38.8 Å². The van der Waals surface area contributed by atoms with Crippen molar-refractivity contribution in [2.24, 2.45) is 5.92 Å². The maximum Gasteiger partial charge on any atom is -0.00175 e. The molecule has 1 unspecified atom stereocenters. The Kier molecular flexibility index (Phi) is 4.29. The van der Waals surface area contributed by atoms with Crippen molar-refractivity contribution in [3.63, 3.8) is 0 Å². The normalized spacial score (nSPS) is 26.1. The lowest BCUT2D eigenvalue weighted by atomic mass is 9.96. The van der Waals surface area contributed by atoms with Gasteiger partial charge in [-0.05, 0) is 44.7 Å². The van der Waals surface area contributed by atoms with Gasteiger partial charge in [0.15, 0.2) is 0 Å². The van der Waals surface area contributed by atoms with Crippen molar-refractivity contribution in [3.8, 4) is 0 Å². The minimum atomic E-state index is 0.909. The maximum absolute atomic E-state index is 3.43. The molecule has 0 radical (unpaired) electrons. The second-order valence-corrected chi connectivity index (χ2v) is 3.33. The Morgan fingerprint density at radius 3 is 3.00 bits per heavy atom. The van der Waals surface area contributed by atoms with Crippen molar-refractivity contribution in [1.29, 1.82) is 0 Å². The Balaban J connectivity index is 2.09. The molecule has 64 valence electrons. The highest BCUT2D eigenvalue weighted by Crippen LogP contribution is 2.14. The molecule has 1 atom stereocenters. The Hall–Kier alpha value is -0.300. The maximum atomic E-state index is 3.43. The van der Waals surface area contributed by atoms with E-state index in [9.17, 15) is 0 Å². The molecule has 0 spiro atoms. The first kappa shape index (κ1) is 8.79. The van der Waals surface area contributed by atoms with Gasteiger partial charge in [-0.15, -0.1) is 0 Å². The van der Waals surface area contributed by atoms with Gasteiger partial charge in [0.2, 0.25) is 0 Å². The molecule has 1 saturated heterocycles. The van der Waals surface area contributed by atoms with Crippen LogP contribution in [0.25, 0.3) is 0 Å². The van der Waals surface area contributed by atoms with Crippen LogP contribution in [0.2, 0.25) is 0 Å². The molecule has 0 aliphatic carbocycles. The van der Waals surface area contributed by atoms with E-state index >= 15 is 0 Å². The van der Waals surface area contributed by atoms with E-state index in [0.717, 1.165) is 5.92 Å². The van der Waals surface area contributed by atoms with Crippen LogP contribution in [0.3, 0.4) is 0 Å². The molecular formula is C10H19N. The van der Waals surface area contributed by atoms with Crippen molar-refractivity contribution < 1.29 is 0 Å². The van der Waals surface area contributed by atoms with Crippen LogP contribution >= 0.6 is 0 Å². The SMILES string of the molecule is CC/C=C/CC1CCCNC1. The molecule has 1 N–H and O–H groups in total. The predicted octanol–water partition coefficient (Wildman–Crippen LogP) is 2.34. The molecule has 1 aliphatic heterocycles. The Labute approximate surface area is 69.9 Å². The fourth-order valence-electron chi connectivity index (χ4n) is 1.58. The van der Waals surface area contributed by atoms with Crippen LogP contribution in [0.5, 0.6) is 0 Å². The second-order valence-electron chi connectivity index (χ2n) is 3.33. The van der Waals surface area contributed by atoms with Crippen LogP contribution in [-0.4, -0.2) is 13.1 Å². The summed E-state index contributed by atoms with van der Waals surface area (Å²) in [5, 5.41) is 3.43. The summed E-state index contributed by atoms with van der Waals surface area (Å²) in [4.78, 5) is 0. The van der Waals surface area contributed by atoms with Gasteiger partial charge in [0.05, 0.1) is 0 Å². The quantitative estimate of drug-likeness (QED) is 0.614. The van der Waals surface area contributed by atoms with Gasteiger partial charge in [0.25, 0.3) is 0 Å². The number of allylic oxidation sites excluding steroid dienone is 2. The third kappa shape index (κ3) is 3.57. The van der Waals surface area contributed by atoms with E-state index in [1.54, 1.807) is 0 Å². The van der Waals surface area contributed by atoms with Crippen LogP contribution < -0.4 is 5.32 Å². The van der Waals surface area contributed by atoms with Crippen LogP contribution in [0.15, 0.2) is 12.2 Å². The lowest BCUT2D eigenvalue weighted by Gasteiger charge is -2.21. The number of nitrogens with one attached hydrogen (secondary N) is 1. The zero-order chi connectivity index (χ0) is 7.94.